The van der Waals surface area contributed by atoms with Crippen LogP contribution in [0.1, 0.15) is 37.2 Å². The van der Waals surface area contributed by atoms with Crippen molar-refractivity contribution in [3.05, 3.63) is 29.8 Å². The molecule has 1 aromatic rings. The van der Waals surface area contributed by atoms with Crippen molar-refractivity contribution in [3.8, 4) is 5.75 Å². The molecule has 1 aromatic carbocycles. The van der Waals surface area contributed by atoms with Crippen LogP contribution in [0.5, 0.6) is 5.75 Å². The molecule has 2 nitrogen and oxygen atoms in total. The highest BCUT2D eigenvalue weighted by molar-refractivity contribution is 6.18. The third kappa shape index (κ3) is 3.12. The Morgan fingerprint density at radius 3 is 2.75 bits per heavy atom. The van der Waals surface area contributed by atoms with E-state index in [-0.39, 0.29) is 0 Å². The van der Waals surface area contributed by atoms with E-state index in [0.29, 0.717) is 11.8 Å². The van der Waals surface area contributed by atoms with Gasteiger partial charge in [0, 0.05) is 23.9 Å². The molecule has 2 aliphatic rings. The Labute approximate surface area is 126 Å². The molecule has 0 saturated heterocycles. The number of hydrogen-bond acceptors (Lipinski definition) is 2. The lowest BCUT2D eigenvalue weighted by Gasteiger charge is -2.30. The summed E-state index contributed by atoms with van der Waals surface area (Å²) in [4.78, 5) is 0. The maximum atomic E-state index is 6.10. The largest absolute Gasteiger partial charge is 0.493 e. The predicted octanol–water partition coefficient (Wildman–Crippen LogP) is 3.80. The molecule has 110 valence electrons. The summed E-state index contributed by atoms with van der Waals surface area (Å²) >= 11 is 6.10. The molecular formula is C17H24ClNO. The molecule has 0 spiro atoms. The van der Waals surface area contributed by atoms with Gasteiger partial charge in [-0.2, -0.15) is 0 Å². The predicted molar refractivity (Wildman–Crippen MR) is 83.7 cm³/mol. The molecular weight excluding hydrogens is 270 g/mol. The zero-order valence-corrected chi connectivity index (χ0v) is 12.7. The fourth-order valence-corrected chi connectivity index (χ4v) is 4.00. The number of halogens is 1. The molecule has 1 aliphatic carbocycles. The van der Waals surface area contributed by atoms with E-state index in [2.05, 4.69) is 23.5 Å². The molecule has 1 heterocycles. The van der Waals surface area contributed by atoms with Gasteiger partial charge in [-0.3, -0.25) is 0 Å². The van der Waals surface area contributed by atoms with Crippen molar-refractivity contribution < 1.29 is 4.74 Å². The van der Waals surface area contributed by atoms with Gasteiger partial charge in [0.25, 0.3) is 0 Å². The number of fused-ring (bicyclic) bond motifs is 1. The minimum atomic E-state index is 0.504. The van der Waals surface area contributed by atoms with Crippen molar-refractivity contribution in [1.29, 1.82) is 0 Å². The Bertz CT molecular complexity index is 437. The fourth-order valence-electron chi connectivity index (χ4n) is 3.60. The number of nitrogens with one attached hydrogen (secondary N) is 1. The summed E-state index contributed by atoms with van der Waals surface area (Å²) in [6, 6.07) is 8.41. The number of hydrogen-bond donors (Lipinski definition) is 1. The summed E-state index contributed by atoms with van der Waals surface area (Å²) in [5.41, 5.74) is 1.36. The van der Waals surface area contributed by atoms with Gasteiger partial charge in [-0.25, -0.2) is 0 Å². The van der Waals surface area contributed by atoms with Crippen molar-refractivity contribution >= 4 is 11.6 Å². The Kier molecular flexibility index (Phi) is 4.85. The van der Waals surface area contributed by atoms with Crippen LogP contribution in [0.3, 0.4) is 0 Å². The van der Waals surface area contributed by atoms with Crippen LogP contribution in [0.2, 0.25) is 0 Å². The number of para-hydroxylation sites is 1. The van der Waals surface area contributed by atoms with Gasteiger partial charge in [0.05, 0.1) is 6.61 Å². The van der Waals surface area contributed by atoms with Crippen molar-refractivity contribution in [3.63, 3.8) is 0 Å². The zero-order chi connectivity index (χ0) is 13.8. The highest BCUT2D eigenvalue weighted by atomic mass is 35.5. The third-order valence-electron chi connectivity index (χ3n) is 4.86. The van der Waals surface area contributed by atoms with Crippen LogP contribution in [-0.2, 0) is 0 Å². The maximum Gasteiger partial charge on any atom is 0.122 e. The molecule has 3 unspecified atom stereocenters. The van der Waals surface area contributed by atoms with Gasteiger partial charge >= 0.3 is 0 Å². The van der Waals surface area contributed by atoms with E-state index < -0.39 is 0 Å². The van der Waals surface area contributed by atoms with Crippen molar-refractivity contribution in [1.82, 2.24) is 5.32 Å². The number of ether oxygens (including phenoxy) is 1. The van der Waals surface area contributed by atoms with Gasteiger partial charge in [-0.05, 0) is 37.3 Å². The summed E-state index contributed by atoms with van der Waals surface area (Å²) in [6.07, 6.45) is 5.38. The quantitative estimate of drug-likeness (QED) is 0.834. The van der Waals surface area contributed by atoms with E-state index >= 15 is 0 Å². The topological polar surface area (TPSA) is 21.3 Å². The Morgan fingerprint density at radius 2 is 1.90 bits per heavy atom. The second kappa shape index (κ2) is 6.82. The SMILES string of the molecule is ClCC1CCCCC1CNCC1COc2ccccc21. The molecule has 20 heavy (non-hydrogen) atoms. The van der Waals surface area contributed by atoms with Gasteiger partial charge in [-0.1, -0.05) is 31.0 Å². The van der Waals surface area contributed by atoms with E-state index in [1.165, 1.54) is 31.2 Å². The Morgan fingerprint density at radius 1 is 1.10 bits per heavy atom. The molecule has 0 aromatic heterocycles. The van der Waals surface area contributed by atoms with Gasteiger partial charge in [0.1, 0.15) is 5.75 Å². The molecule has 1 N–H and O–H groups in total. The monoisotopic (exact) mass is 293 g/mol. The summed E-state index contributed by atoms with van der Waals surface area (Å²) in [6.45, 7) is 2.94. The van der Waals surface area contributed by atoms with Crippen LogP contribution in [0.25, 0.3) is 0 Å². The lowest BCUT2D eigenvalue weighted by molar-refractivity contribution is 0.247. The van der Waals surface area contributed by atoms with E-state index in [9.17, 15) is 0 Å². The van der Waals surface area contributed by atoms with Gasteiger partial charge in [0.2, 0.25) is 0 Å². The molecule has 0 bridgehead atoms. The average Bonchev–Trinajstić information content (AvgIpc) is 2.91. The molecule has 1 saturated carbocycles. The van der Waals surface area contributed by atoms with Crippen molar-refractivity contribution in [2.45, 2.75) is 31.6 Å². The van der Waals surface area contributed by atoms with Crippen molar-refractivity contribution in [2.24, 2.45) is 11.8 Å². The number of alkyl halides is 1. The smallest absolute Gasteiger partial charge is 0.122 e. The molecule has 3 rings (SSSR count). The second-order valence-corrected chi connectivity index (χ2v) is 6.47. The minimum Gasteiger partial charge on any atom is -0.493 e. The lowest BCUT2D eigenvalue weighted by atomic mass is 9.80. The van der Waals surface area contributed by atoms with Crippen molar-refractivity contribution in [2.75, 3.05) is 25.6 Å². The molecule has 0 amide bonds. The average molecular weight is 294 g/mol. The molecule has 1 fully saturated rings. The summed E-state index contributed by atoms with van der Waals surface area (Å²) in [5, 5.41) is 3.66. The van der Waals surface area contributed by atoms with Crippen LogP contribution in [0, 0.1) is 11.8 Å². The highest BCUT2D eigenvalue weighted by Crippen LogP contribution is 2.33. The van der Waals surface area contributed by atoms with Crippen LogP contribution >= 0.6 is 11.6 Å². The normalized spacial score (nSPS) is 28.9. The van der Waals surface area contributed by atoms with Crippen LogP contribution in [-0.4, -0.2) is 25.6 Å². The minimum absolute atomic E-state index is 0.504. The first-order chi connectivity index (χ1) is 9.88. The summed E-state index contributed by atoms with van der Waals surface area (Å²) < 4.78 is 5.73. The Balaban J connectivity index is 1.48. The molecule has 3 heteroatoms. The maximum absolute atomic E-state index is 6.10. The molecule has 1 aliphatic heterocycles. The summed E-state index contributed by atoms with van der Waals surface area (Å²) in [5.74, 6) is 3.87. The first kappa shape index (κ1) is 14.2. The first-order valence-corrected chi connectivity index (χ1v) is 8.40. The van der Waals surface area contributed by atoms with Crippen LogP contribution in [0.15, 0.2) is 24.3 Å². The number of rotatable bonds is 5. The lowest BCUT2D eigenvalue weighted by Crippen LogP contribution is -2.33. The standard InChI is InChI=1S/C17H24ClNO/c18-9-13-5-1-2-6-14(13)10-19-11-15-12-20-17-8-4-3-7-16(15)17/h3-4,7-8,13-15,19H,1-2,5-6,9-12H2. The molecule has 3 atom stereocenters. The summed E-state index contributed by atoms with van der Waals surface area (Å²) in [7, 11) is 0. The highest BCUT2D eigenvalue weighted by Gasteiger charge is 2.26. The zero-order valence-electron chi connectivity index (χ0n) is 12.0. The molecule has 0 radical (unpaired) electrons. The van der Waals surface area contributed by atoms with E-state index in [1.54, 1.807) is 0 Å². The first-order valence-electron chi connectivity index (χ1n) is 7.87. The van der Waals surface area contributed by atoms with Crippen LogP contribution in [0.4, 0.5) is 0 Å². The number of benzene rings is 1. The fraction of sp³-hybridized carbons (Fsp3) is 0.647. The van der Waals surface area contributed by atoms with Gasteiger partial charge < -0.3 is 10.1 Å². The van der Waals surface area contributed by atoms with E-state index in [4.69, 9.17) is 16.3 Å². The van der Waals surface area contributed by atoms with E-state index in [1.807, 2.05) is 6.07 Å². The van der Waals surface area contributed by atoms with Gasteiger partial charge in [-0.15, -0.1) is 11.6 Å². The van der Waals surface area contributed by atoms with Gasteiger partial charge in [0.15, 0.2) is 0 Å². The van der Waals surface area contributed by atoms with E-state index in [0.717, 1.165) is 37.2 Å². The third-order valence-corrected chi connectivity index (χ3v) is 5.26. The van der Waals surface area contributed by atoms with Crippen LogP contribution < -0.4 is 10.1 Å². The Hall–Kier alpha value is -0.730. The second-order valence-electron chi connectivity index (χ2n) is 6.16.